The fraction of sp³-hybridized carbons (Fsp3) is 0.143. The first kappa shape index (κ1) is 11.3. The minimum Gasteiger partial charge on any atom is -0.508 e. The molecule has 88 valence electrons. The van der Waals surface area contributed by atoms with Crippen LogP contribution in [-0.2, 0) is 6.54 Å². The van der Waals surface area contributed by atoms with E-state index >= 15 is 0 Å². The second-order valence-electron chi connectivity index (χ2n) is 4.08. The Kier molecular flexibility index (Phi) is 3.19. The number of para-hydroxylation sites is 2. The van der Waals surface area contributed by atoms with E-state index in [9.17, 15) is 5.11 Å². The van der Waals surface area contributed by atoms with Crippen molar-refractivity contribution >= 4 is 11.4 Å². The first-order chi connectivity index (χ1) is 8.16. The highest BCUT2D eigenvalue weighted by molar-refractivity contribution is 5.66. The average molecular weight is 228 g/mol. The summed E-state index contributed by atoms with van der Waals surface area (Å²) in [7, 11) is 1.98. The second-order valence-corrected chi connectivity index (χ2v) is 4.08. The van der Waals surface area contributed by atoms with Gasteiger partial charge in [-0.25, -0.2) is 0 Å². The van der Waals surface area contributed by atoms with Crippen molar-refractivity contribution < 1.29 is 5.11 Å². The molecule has 0 atom stereocenters. The maximum atomic E-state index is 9.41. The number of phenols is 1. The number of benzene rings is 2. The predicted octanol–water partition coefficient (Wildman–Crippen LogP) is 2.61. The lowest BCUT2D eigenvalue weighted by Gasteiger charge is -2.21. The van der Waals surface area contributed by atoms with Crippen LogP contribution >= 0.6 is 0 Å². The Morgan fingerprint density at radius 1 is 1.12 bits per heavy atom. The quantitative estimate of drug-likeness (QED) is 0.794. The van der Waals surface area contributed by atoms with Gasteiger partial charge in [0.1, 0.15) is 5.75 Å². The number of nitrogen functional groups attached to an aromatic ring is 1. The summed E-state index contributed by atoms with van der Waals surface area (Å²) < 4.78 is 0. The van der Waals surface area contributed by atoms with Gasteiger partial charge in [-0.15, -0.1) is 0 Å². The van der Waals surface area contributed by atoms with Gasteiger partial charge in [0.05, 0.1) is 11.4 Å². The Bertz CT molecular complexity index is 511. The van der Waals surface area contributed by atoms with Gasteiger partial charge in [0.2, 0.25) is 0 Å². The lowest BCUT2D eigenvalue weighted by atomic mass is 10.2. The molecular weight excluding hydrogens is 212 g/mol. The summed E-state index contributed by atoms with van der Waals surface area (Å²) >= 11 is 0. The van der Waals surface area contributed by atoms with Crippen LogP contribution in [0.3, 0.4) is 0 Å². The predicted molar refractivity (Wildman–Crippen MR) is 71.1 cm³/mol. The highest BCUT2D eigenvalue weighted by Gasteiger charge is 2.05. The summed E-state index contributed by atoms with van der Waals surface area (Å²) in [6.07, 6.45) is 0. The zero-order chi connectivity index (χ0) is 12.3. The third kappa shape index (κ3) is 2.69. The van der Waals surface area contributed by atoms with Gasteiger partial charge in [-0.3, -0.25) is 0 Å². The molecule has 2 aromatic rings. The highest BCUT2D eigenvalue weighted by atomic mass is 16.3. The fourth-order valence-corrected chi connectivity index (χ4v) is 1.85. The molecule has 0 radical (unpaired) electrons. The van der Waals surface area contributed by atoms with Gasteiger partial charge in [0.25, 0.3) is 0 Å². The summed E-state index contributed by atoms with van der Waals surface area (Å²) in [4.78, 5) is 2.06. The van der Waals surface area contributed by atoms with E-state index in [2.05, 4.69) is 4.90 Å². The Hall–Kier alpha value is -2.16. The van der Waals surface area contributed by atoms with Crippen molar-refractivity contribution in [3.8, 4) is 5.75 Å². The largest absolute Gasteiger partial charge is 0.508 e. The Labute approximate surface area is 101 Å². The summed E-state index contributed by atoms with van der Waals surface area (Å²) in [6, 6.07) is 15.0. The van der Waals surface area contributed by atoms with Crippen LogP contribution in [0, 0.1) is 0 Å². The van der Waals surface area contributed by atoms with Gasteiger partial charge in [-0.05, 0) is 29.8 Å². The van der Waals surface area contributed by atoms with E-state index in [1.54, 1.807) is 12.1 Å². The van der Waals surface area contributed by atoms with Crippen LogP contribution in [0.1, 0.15) is 5.56 Å². The standard InChI is InChI=1S/C14H16N2O/c1-16(14-8-3-2-7-13(14)15)10-11-5-4-6-12(17)9-11/h2-9,17H,10,15H2,1H3. The molecule has 2 rings (SSSR count). The first-order valence-electron chi connectivity index (χ1n) is 5.50. The second kappa shape index (κ2) is 4.78. The number of phenolic OH excluding ortho intramolecular Hbond substituents is 1. The van der Waals surface area contributed by atoms with E-state index in [4.69, 9.17) is 5.73 Å². The molecule has 3 nitrogen and oxygen atoms in total. The monoisotopic (exact) mass is 228 g/mol. The van der Waals surface area contributed by atoms with E-state index in [0.717, 1.165) is 16.9 Å². The van der Waals surface area contributed by atoms with Crippen molar-refractivity contribution in [1.82, 2.24) is 0 Å². The topological polar surface area (TPSA) is 49.5 Å². The number of hydrogen-bond donors (Lipinski definition) is 2. The molecule has 0 unspecified atom stereocenters. The lowest BCUT2D eigenvalue weighted by Crippen LogP contribution is -2.17. The van der Waals surface area contributed by atoms with Crippen molar-refractivity contribution in [3.05, 3.63) is 54.1 Å². The fourth-order valence-electron chi connectivity index (χ4n) is 1.85. The van der Waals surface area contributed by atoms with Crippen LogP contribution in [0.4, 0.5) is 11.4 Å². The van der Waals surface area contributed by atoms with Gasteiger partial charge in [0, 0.05) is 13.6 Å². The average Bonchev–Trinajstić information content (AvgIpc) is 2.29. The summed E-state index contributed by atoms with van der Waals surface area (Å²) in [5.74, 6) is 0.289. The van der Waals surface area contributed by atoms with Crippen molar-refractivity contribution in [1.29, 1.82) is 0 Å². The Balaban J connectivity index is 2.17. The molecule has 0 saturated carbocycles. The molecule has 0 spiro atoms. The number of rotatable bonds is 3. The van der Waals surface area contributed by atoms with Crippen LogP contribution in [0.2, 0.25) is 0 Å². The molecule has 0 saturated heterocycles. The van der Waals surface area contributed by atoms with Gasteiger partial charge in [-0.2, -0.15) is 0 Å². The summed E-state index contributed by atoms with van der Waals surface area (Å²) in [5.41, 5.74) is 8.72. The zero-order valence-electron chi connectivity index (χ0n) is 9.80. The maximum absolute atomic E-state index is 9.41. The van der Waals surface area contributed by atoms with Crippen LogP contribution in [-0.4, -0.2) is 12.2 Å². The third-order valence-corrected chi connectivity index (χ3v) is 2.68. The Morgan fingerprint density at radius 2 is 1.88 bits per heavy atom. The van der Waals surface area contributed by atoms with Crippen LogP contribution in [0.5, 0.6) is 5.75 Å². The normalized spacial score (nSPS) is 10.2. The molecule has 0 aliphatic rings. The van der Waals surface area contributed by atoms with Gasteiger partial charge < -0.3 is 15.7 Å². The maximum Gasteiger partial charge on any atom is 0.115 e. The van der Waals surface area contributed by atoms with Crippen LogP contribution in [0.15, 0.2) is 48.5 Å². The molecule has 0 aliphatic heterocycles. The van der Waals surface area contributed by atoms with Gasteiger partial charge in [0.15, 0.2) is 0 Å². The number of hydrogen-bond acceptors (Lipinski definition) is 3. The molecule has 0 fully saturated rings. The van der Waals surface area contributed by atoms with Gasteiger partial charge >= 0.3 is 0 Å². The molecular formula is C14H16N2O. The van der Waals surface area contributed by atoms with Gasteiger partial charge in [-0.1, -0.05) is 24.3 Å². The minimum atomic E-state index is 0.289. The SMILES string of the molecule is CN(Cc1cccc(O)c1)c1ccccc1N. The minimum absolute atomic E-state index is 0.289. The zero-order valence-corrected chi connectivity index (χ0v) is 9.80. The molecule has 0 bridgehead atoms. The van der Waals surface area contributed by atoms with Crippen molar-refractivity contribution in [2.24, 2.45) is 0 Å². The van der Waals surface area contributed by atoms with E-state index in [-0.39, 0.29) is 5.75 Å². The molecule has 3 N–H and O–H groups in total. The van der Waals surface area contributed by atoms with Crippen molar-refractivity contribution in [2.45, 2.75) is 6.54 Å². The molecule has 2 aromatic carbocycles. The van der Waals surface area contributed by atoms with Crippen molar-refractivity contribution in [3.63, 3.8) is 0 Å². The summed E-state index contributed by atoms with van der Waals surface area (Å²) in [5, 5.41) is 9.41. The van der Waals surface area contributed by atoms with Crippen molar-refractivity contribution in [2.75, 3.05) is 17.7 Å². The number of nitrogens with zero attached hydrogens (tertiary/aromatic N) is 1. The lowest BCUT2D eigenvalue weighted by molar-refractivity contribution is 0.474. The third-order valence-electron chi connectivity index (χ3n) is 2.68. The molecule has 3 heteroatoms. The number of nitrogens with two attached hydrogens (primary N) is 1. The van der Waals surface area contributed by atoms with E-state index < -0.39 is 0 Å². The molecule has 0 amide bonds. The summed E-state index contributed by atoms with van der Waals surface area (Å²) in [6.45, 7) is 0.711. The molecule has 0 aliphatic carbocycles. The molecule has 0 heterocycles. The Morgan fingerprint density at radius 3 is 2.59 bits per heavy atom. The van der Waals surface area contributed by atoms with E-state index in [1.165, 1.54) is 0 Å². The van der Waals surface area contributed by atoms with Crippen LogP contribution in [0.25, 0.3) is 0 Å². The first-order valence-corrected chi connectivity index (χ1v) is 5.50. The molecule has 17 heavy (non-hydrogen) atoms. The molecule has 0 aromatic heterocycles. The smallest absolute Gasteiger partial charge is 0.115 e. The van der Waals surface area contributed by atoms with Crippen LogP contribution < -0.4 is 10.6 Å². The van der Waals surface area contributed by atoms with E-state index in [0.29, 0.717) is 6.54 Å². The van der Waals surface area contributed by atoms with E-state index in [1.807, 2.05) is 43.4 Å². The number of anilines is 2. The highest BCUT2D eigenvalue weighted by Crippen LogP contribution is 2.23. The number of aromatic hydroxyl groups is 1.